The van der Waals surface area contributed by atoms with Gasteiger partial charge in [0.05, 0.1) is 18.0 Å². The highest BCUT2D eigenvalue weighted by Crippen LogP contribution is 2.27. The maximum absolute atomic E-state index is 12.8. The van der Waals surface area contributed by atoms with Crippen molar-refractivity contribution in [3.8, 4) is 5.75 Å². The summed E-state index contributed by atoms with van der Waals surface area (Å²) in [6.07, 6.45) is 0. The molecule has 0 aliphatic rings. The van der Waals surface area contributed by atoms with E-state index in [-0.39, 0.29) is 16.8 Å². The summed E-state index contributed by atoms with van der Waals surface area (Å²) in [5.41, 5.74) is 3.92. The van der Waals surface area contributed by atoms with E-state index in [0.717, 1.165) is 22.4 Å². The molecule has 0 saturated heterocycles. The van der Waals surface area contributed by atoms with Crippen molar-refractivity contribution in [3.63, 3.8) is 0 Å². The highest BCUT2D eigenvalue weighted by Gasteiger charge is 2.20. The molecule has 1 atom stereocenters. The largest absolute Gasteiger partial charge is 0.496 e. The van der Waals surface area contributed by atoms with Crippen molar-refractivity contribution in [2.24, 2.45) is 0 Å². The molecule has 0 bridgehead atoms. The fraction of sp³-hybridized carbons (Fsp3) is 0.269. The number of likely N-dealkylation sites (N-methyl/N-ethyl adjacent to an activating group) is 1. The Balaban J connectivity index is 1.70. The molecule has 0 radical (unpaired) electrons. The molecule has 8 heteroatoms. The Hall–Kier alpha value is -3.36. The first kappa shape index (κ1) is 25.3. The molecule has 0 heterocycles. The molecular formula is C26H31N3O4S. The Morgan fingerprint density at radius 3 is 2.26 bits per heavy atom. The average molecular weight is 482 g/mol. The maximum atomic E-state index is 12.8. The molecule has 0 aliphatic heterocycles. The lowest BCUT2D eigenvalue weighted by Gasteiger charge is -2.26. The van der Waals surface area contributed by atoms with Crippen LogP contribution in [0, 0.1) is 13.8 Å². The number of sulfonamides is 1. The number of ether oxygens (including phenoxy) is 1. The van der Waals surface area contributed by atoms with Crippen LogP contribution >= 0.6 is 0 Å². The van der Waals surface area contributed by atoms with Gasteiger partial charge in [-0.2, -0.15) is 0 Å². The zero-order chi connectivity index (χ0) is 24.9. The number of nitrogens with one attached hydrogen (secondary N) is 2. The van der Waals surface area contributed by atoms with Crippen molar-refractivity contribution in [2.45, 2.75) is 24.8 Å². The Morgan fingerprint density at radius 1 is 0.971 bits per heavy atom. The molecule has 34 heavy (non-hydrogen) atoms. The highest BCUT2D eigenvalue weighted by molar-refractivity contribution is 7.92. The summed E-state index contributed by atoms with van der Waals surface area (Å²) in [5.74, 6) is 0.467. The van der Waals surface area contributed by atoms with Gasteiger partial charge < -0.3 is 15.0 Å². The molecule has 7 nitrogen and oxygen atoms in total. The number of para-hydroxylation sites is 1. The maximum Gasteiger partial charge on any atom is 0.261 e. The summed E-state index contributed by atoms with van der Waals surface area (Å²) in [4.78, 5) is 14.8. The molecule has 0 saturated carbocycles. The fourth-order valence-electron chi connectivity index (χ4n) is 3.61. The summed E-state index contributed by atoms with van der Waals surface area (Å²) >= 11 is 0. The van der Waals surface area contributed by atoms with Crippen LogP contribution in [0.3, 0.4) is 0 Å². The molecule has 180 valence electrons. The number of nitrogens with zero attached hydrogens (tertiary/aromatic N) is 1. The minimum absolute atomic E-state index is 0.0856. The molecule has 0 fully saturated rings. The molecule has 0 aromatic heterocycles. The molecule has 1 amide bonds. The van der Waals surface area contributed by atoms with Crippen molar-refractivity contribution in [1.82, 2.24) is 10.2 Å². The Labute approximate surface area is 201 Å². The van der Waals surface area contributed by atoms with E-state index in [9.17, 15) is 13.2 Å². The van der Waals surface area contributed by atoms with Crippen molar-refractivity contribution in [3.05, 3.63) is 89.0 Å². The first-order chi connectivity index (χ1) is 16.1. The molecule has 0 spiro atoms. The first-order valence-corrected chi connectivity index (χ1v) is 12.4. The van der Waals surface area contributed by atoms with Crippen LogP contribution in [0.1, 0.15) is 33.1 Å². The average Bonchev–Trinajstić information content (AvgIpc) is 2.81. The third-order valence-electron chi connectivity index (χ3n) is 5.76. The molecule has 3 aromatic carbocycles. The van der Waals surface area contributed by atoms with Gasteiger partial charge in [0, 0.05) is 23.4 Å². The number of carbonyl (C=O) groups is 1. The van der Waals surface area contributed by atoms with Crippen LogP contribution in [0.4, 0.5) is 5.69 Å². The Kier molecular flexibility index (Phi) is 7.96. The minimum atomic E-state index is -3.77. The van der Waals surface area contributed by atoms with Crippen molar-refractivity contribution < 1.29 is 17.9 Å². The SMILES string of the molecule is COc1ccccc1C(CNC(=O)c1ccc(S(=O)(=O)Nc2ccc(C)c(C)c2)cc1)N(C)C. The van der Waals surface area contributed by atoms with E-state index in [1.165, 1.54) is 24.3 Å². The number of carbonyl (C=O) groups excluding carboxylic acids is 1. The predicted molar refractivity (Wildman–Crippen MR) is 135 cm³/mol. The lowest BCUT2D eigenvalue weighted by atomic mass is 10.0. The second-order valence-corrected chi connectivity index (χ2v) is 10.0. The van der Waals surface area contributed by atoms with Crippen LogP contribution < -0.4 is 14.8 Å². The van der Waals surface area contributed by atoms with Gasteiger partial charge in [-0.1, -0.05) is 24.3 Å². The predicted octanol–water partition coefficient (Wildman–Crippen LogP) is 4.15. The third kappa shape index (κ3) is 5.95. The lowest BCUT2D eigenvalue weighted by Crippen LogP contribution is -2.34. The van der Waals surface area contributed by atoms with Crippen LogP contribution in [0.5, 0.6) is 5.75 Å². The van der Waals surface area contributed by atoms with Gasteiger partial charge in [0.2, 0.25) is 0 Å². The molecule has 3 rings (SSSR count). The second-order valence-electron chi connectivity index (χ2n) is 8.36. The molecular weight excluding hydrogens is 450 g/mol. The number of methoxy groups -OCH3 is 1. The highest BCUT2D eigenvalue weighted by atomic mass is 32.2. The fourth-order valence-corrected chi connectivity index (χ4v) is 4.66. The number of hydrogen-bond donors (Lipinski definition) is 2. The Morgan fingerprint density at radius 2 is 1.65 bits per heavy atom. The van der Waals surface area contributed by atoms with Crippen LogP contribution in [0.2, 0.25) is 0 Å². The van der Waals surface area contributed by atoms with Crippen LogP contribution in [0.15, 0.2) is 71.6 Å². The van der Waals surface area contributed by atoms with Gasteiger partial charge in [-0.05, 0) is 81.5 Å². The van der Waals surface area contributed by atoms with Crippen molar-refractivity contribution >= 4 is 21.6 Å². The Bertz CT molecular complexity index is 1260. The standard InChI is InChI=1S/C26H31N3O4S/c1-18-10-13-21(16-19(18)2)28-34(31,32)22-14-11-20(12-15-22)26(30)27-17-24(29(3)4)23-8-6-7-9-25(23)33-5/h6-16,24,28H,17H2,1-5H3,(H,27,30). The number of benzene rings is 3. The summed E-state index contributed by atoms with van der Waals surface area (Å²) in [6.45, 7) is 4.25. The molecule has 1 unspecified atom stereocenters. The molecule has 0 aliphatic carbocycles. The van der Waals surface area contributed by atoms with Crippen LogP contribution in [0.25, 0.3) is 0 Å². The van der Waals surface area contributed by atoms with Gasteiger partial charge in [-0.25, -0.2) is 8.42 Å². The summed E-state index contributed by atoms with van der Waals surface area (Å²) in [7, 11) is 1.72. The third-order valence-corrected chi connectivity index (χ3v) is 7.16. The second kappa shape index (κ2) is 10.7. The zero-order valence-electron chi connectivity index (χ0n) is 20.1. The zero-order valence-corrected chi connectivity index (χ0v) is 20.9. The van der Waals surface area contributed by atoms with Crippen molar-refractivity contribution in [2.75, 3.05) is 32.5 Å². The quantitative estimate of drug-likeness (QED) is 0.480. The van der Waals surface area contributed by atoms with Crippen molar-refractivity contribution in [1.29, 1.82) is 0 Å². The van der Waals surface area contributed by atoms with Gasteiger partial charge in [0.25, 0.3) is 15.9 Å². The van der Waals surface area contributed by atoms with E-state index >= 15 is 0 Å². The number of anilines is 1. The van der Waals surface area contributed by atoms with Crippen LogP contribution in [-0.4, -0.2) is 47.0 Å². The van der Waals surface area contributed by atoms with E-state index in [2.05, 4.69) is 10.0 Å². The van der Waals surface area contributed by atoms with Crippen LogP contribution in [-0.2, 0) is 10.0 Å². The number of aryl methyl sites for hydroxylation is 2. The summed E-state index contributed by atoms with van der Waals surface area (Å²) in [5, 5.41) is 2.94. The van der Waals surface area contributed by atoms with E-state index in [0.29, 0.717) is 17.8 Å². The van der Waals surface area contributed by atoms with Gasteiger partial charge in [0.1, 0.15) is 5.75 Å². The summed E-state index contributed by atoms with van der Waals surface area (Å²) in [6, 6.07) is 18.9. The van der Waals surface area contributed by atoms with E-state index in [4.69, 9.17) is 4.74 Å². The number of amides is 1. The number of rotatable bonds is 9. The van der Waals surface area contributed by atoms with Gasteiger partial charge in [0.15, 0.2) is 0 Å². The van der Waals surface area contributed by atoms with Gasteiger partial charge in [-0.15, -0.1) is 0 Å². The molecule has 3 aromatic rings. The lowest BCUT2D eigenvalue weighted by molar-refractivity contribution is 0.0941. The van der Waals surface area contributed by atoms with E-state index in [1.54, 1.807) is 19.2 Å². The monoisotopic (exact) mass is 481 g/mol. The normalized spacial score (nSPS) is 12.3. The smallest absolute Gasteiger partial charge is 0.261 e. The first-order valence-electron chi connectivity index (χ1n) is 10.9. The van der Waals surface area contributed by atoms with Gasteiger partial charge in [-0.3, -0.25) is 9.52 Å². The van der Waals surface area contributed by atoms with Gasteiger partial charge >= 0.3 is 0 Å². The molecule has 2 N–H and O–H groups in total. The minimum Gasteiger partial charge on any atom is -0.496 e. The summed E-state index contributed by atoms with van der Waals surface area (Å²) < 4.78 is 33.6. The topological polar surface area (TPSA) is 87.7 Å². The van der Waals surface area contributed by atoms with E-state index in [1.807, 2.05) is 63.2 Å². The number of hydrogen-bond acceptors (Lipinski definition) is 5. The van der Waals surface area contributed by atoms with E-state index < -0.39 is 10.0 Å².